The lowest BCUT2D eigenvalue weighted by atomic mass is 10.3. The summed E-state index contributed by atoms with van der Waals surface area (Å²) in [5.41, 5.74) is 0.947. The summed E-state index contributed by atoms with van der Waals surface area (Å²) in [5, 5.41) is 3.20. The van der Waals surface area contributed by atoms with E-state index in [2.05, 4.69) is 10.3 Å². The van der Waals surface area contributed by atoms with Crippen molar-refractivity contribution >= 4 is 23.2 Å². The molecule has 0 radical (unpaired) electrons. The van der Waals surface area contributed by atoms with Crippen molar-refractivity contribution in [2.24, 2.45) is 0 Å². The van der Waals surface area contributed by atoms with Gasteiger partial charge in [0.15, 0.2) is 0 Å². The quantitative estimate of drug-likeness (QED) is 0.858. The Morgan fingerprint density at radius 2 is 1.82 bits per heavy atom. The first kappa shape index (κ1) is 13.2. The van der Waals surface area contributed by atoms with E-state index in [9.17, 15) is 4.79 Å². The molecular formula is C12H12ClN3O. The van der Waals surface area contributed by atoms with Crippen molar-refractivity contribution in [3.63, 3.8) is 0 Å². The van der Waals surface area contributed by atoms with Crippen molar-refractivity contribution in [2.75, 3.05) is 5.32 Å². The van der Waals surface area contributed by atoms with Crippen LogP contribution in [0.15, 0.2) is 48.7 Å². The van der Waals surface area contributed by atoms with E-state index < -0.39 is 0 Å². The third-order valence-electron chi connectivity index (χ3n) is 2.02. The zero-order chi connectivity index (χ0) is 11.4. The first-order valence-electron chi connectivity index (χ1n) is 4.74. The van der Waals surface area contributed by atoms with Gasteiger partial charge in [-0.3, -0.25) is 9.78 Å². The van der Waals surface area contributed by atoms with E-state index in [0.29, 0.717) is 16.4 Å². The van der Waals surface area contributed by atoms with E-state index in [1.807, 2.05) is 0 Å². The number of hydrogen-bond donors (Lipinski definition) is 2. The average Bonchev–Trinajstić information content (AvgIpc) is 2.33. The summed E-state index contributed by atoms with van der Waals surface area (Å²) in [6.07, 6.45) is 1.57. The second kappa shape index (κ2) is 5.98. The Bertz CT molecular complexity index is 502. The van der Waals surface area contributed by atoms with Crippen molar-refractivity contribution in [3.05, 3.63) is 59.4 Å². The predicted octanol–water partition coefficient (Wildman–Crippen LogP) is 3.15. The molecule has 0 aliphatic heterocycles. The second-order valence-corrected chi connectivity index (χ2v) is 3.56. The van der Waals surface area contributed by atoms with Crippen LogP contribution >= 0.6 is 11.6 Å². The second-order valence-electron chi connectivity index (χ2n) is 3.15. The Morgan fingerprint density at radius 3 is 2.47 bits per heavy atom. The highest BCUT2D eigenvalue weighted by molar-refractivity contribution is 6.33. The predicted molar refractivity (Wildman–Crippen MR) is 68.7 cm³/mol. The third kappa shape index (κ3) is 3.27. The molecule has 17 heavy (non-hydrogen) atoms. The van der Waals surface area contributed by atoms with Gasteiger partial charge in [-0.15, -0.1) is 0 Å². The molecule has 0 fully saturated rings. The van der Waals surface area contributed by atoms with Gasteiger partial charge in [0.2, 0.25) is 0 Å². The summed E-state index contributed by atoms with van der Waals surface area (Å²) >= 11 is 5.92. The molecule has 4 nitrogen and oxygen atoms in total. The molecule has 2 rings (SSSR count). The number of rotatable bonds is 2. The third-order valence-corrected chi connectivity index (χ3v) is 2.35. The molecule has 4 N–H and O–H groups in total. The van der Waals surface area contributed by atoms with Crippen LogP contribution in [0, 0.1) is 0 Å². The van der Waals surface area contributed by atoms with E-state index in [1.165, 1.54) is 0 Å². The van der Waals surface area contributed by atoms with Gasteiger partial charge in [0.05, 0.1) is 10.7 Å². The number of aromatic nitrogens is 1. The minimum absolute atomic E-state index is 0. The topological polar surface area (TPSA) is 77.0 Å². The number of benzene rings is 1. The zero-order valence-electron chi connectivity index (χ0n) is 9.06. The first-order valence-corrected chi connectivity index (χ1v) is 5.12. The Morgan fingerprint density at radius 1 is 1.12 bits per heavy atom. The lowest BCUT2D eigenvalue weighted by Crippen LogP contribution is -2.13. The maximum Gasteiger partial charge on any atom is 0.274 e. The van der Waals surface area contributed by atoms with Crippen LogP contribution in [0.4, 0.5) is 5.69 Å². The number of para-hydroxylation sites is 1. The summed E-state index contributed by atoms with van der Waals surface area (Å²) in [6.45, 7) is 0. The maximum absolute atomic E-state index is 11.7. The highest BCUT2D eigenvalue weighted by Crippen LogP contribution is 2.20. The monoisotopic (exact) mass is 249 g/mol. The number of anilines is 1. The normalized spacial score (nSPS) is 9.24. The van der Waals surface area contributed by atoms with E-state index in [0.717, 1.165) is 0 Å². The molecular weight excluding hydrogens is 238 g/mol. The summed E-state index contributed by atoms with van der Waals surface area (Å²) in [4.78, 5) is 15.7. The van der Waals surface area contributed by atoms with Crippen LogP contribution < -0.4 is 11.5 Å². The number of carbonyl (C=O) groups is 1. The molecule has 0 saturated heterocycles. The van der Waals surface area contributed by atoms with Gasteiger partial charge in [-0.05, 0) is 24.3 Å². The SMILES string of the molecule is N.O=C(Nc1ccccc1Cl)c1ccccn1. The standard InChI is InChI=1S/C12H9ClN2O.H3N/c13-9-5-1-2-6-10(9)15-12(16)11-7-3-4-8-14-11;/h1-8H,(H,15,16);1H3. The number of nitrogens with zero attached hydrogens (tertiary/aromatic N) is 1. The van der Waals surface area contributed by atoms with Crippen molar-refractivity contribution in [3.8, 4) is 0 Å². The van der Waals surface area contributed by atoms with Gasteiger partial charge in [0.25, 0.3) is 5.91 Å². The minimum atomic E-state index is -0.270. The van der Waals surface area contributed by atoms with Crippen molar-refractivity contribution in [2.45, 2.75) is 0 Å². The molecule has 5 heteroatoms. The fourth-order valence-corrected chi connectivity index (χ4v) is 1.43. The van der Waals surface area contributed by atoms with Gasteiger partial charge >= 0.3 is 0 Å². The molecule has 0 atom stereocenters. The number of hydrogen-bond acceptors (Lipinski definition) is 3. The smallest absolute Gasteiger partial charge is 0.274 e. The molecule has 2 aromatic rings. The molecule has 0 aliphatic rings. The largest absolute Gasteiger partial charge is 0.344 e. The van der Waals surface area contributed by atoms with E-state index in [1.54, 1.807) is 48.7 Å². The van der Waals surface area contributed by atoms with Crippen LogP contribution in [-0.4, -0.2) is 10.9 Å². The van der Waals surface area contributed by atoms with Crippen LogP contribution in [0.2, 0.25) is 5.02 Å². The maximum atomic E-state index is 11.7. The number of nitrogens with one attached hydrogen (secondary N) is 1. The lowest BCUT2D eigenvalue weighted by molar-refractivity contribution is 0.102. The molecule has 88 valence electrons. The number of carbonyl (C=O) groups excluding carboxylic acids is 1. The van der Waals surface area contributed by atoms with Gasteiger partial charge in [-0.1, -0.05) is 29.8 Å². The Hall–Kier alpha value is -1.91. The minimum Gasteiger partial charge on any atom is -0.344 e. The molecule has 1 heterocycles. The van der Waals surface area contributed by atoms with Crippen LogP contribution in [0.3, 0.4) is 0 Å². The summed E-state index contributed by atoms with van der Waals surface area (Å²) in [6, 6.07) is 12.2. The lowest BCUT2D eigenvalue weighted by Gasteiger charge is -2.05. The highest BCUT2D eigenvalue weighted by Gasteiger charge is 2.07. The van der Waals surface area contributed by atoms with Crippen LogP contribution in [0.1, 0.15) is 10.5 Å². The molecule has 1 aromatic carbocycles. The fraction of sp³-hybridized carbons (Fsp3) is 0. The molecule has 0 spiro atoms. The van der Waals surface area contributed by atoms with Crippen LogP contribution in [-0.2, 0) is 0 Å². The van der Waals surface area contributed by atoms with Crippen molar-refractivity contribution in [1.29, 1.82) is 0 Å². The molecule has 0 aliphatic carbocycles. The van der Waals surface area contributed by atoms with Gasteiger partial charge in [-0.25, -0.2) is 0 Å². The summed E-state index contributed by atoms with van der Waals surface area (Å²) in [5.74, 6) is -0.270. The number of amides is 1. The summed E-state index contributed by atoms with van der Waals surface area (Å²) < 4.78 is 0. The van der Waals surface area contributed by atoms with Gasteiger partial charge in [-0.2, -0.15) is 0 Å². The first-order chi connectivity index (χ1) is 7.77. The van der Waals surface area contributed by atoms with Crippen molar-refractivity contribution < 1.29 is 4.79 Å². The van der Waals surface area contributed by atoms with Gasteiger partial charge in [0, 0.05) is 6.20 Å². The number of pyridine rings is 1. The Balaban J connectivity index is 0.00000144. The van der Waals surface area contributed by atoms with Crippen LogP contribution in [0.25, 0.3) is 0 Å². The number of halogens is 1. The highest BCUT2D eigenvalue weighted by atomic mass is 35.5. The zero-order valence-corrected chi connectivity index (χ0v) is 9.82. The average molecular weight is 250 g/mol. The Kier molecular flexibility index (Phi) is 4.63. The molecule has 1 amide bonds. The van der Waals surface area contributed by atoms with Gasteiger partial charge in [0.1, 0.15) is 5.69 Å². The summed E-state index contributed by atoms with van der Waals surface area (Å²) in [7, 11) is 0. The molecule has 0 bridgehead atoms. The molecule has 0 unspecified atom stereocenters. The van der Waals surface area contributed by atoms with Crippen molar-refractivity contribution in [1.82, 2.24) is 11.1 Å². The van der Waals surface area contributed by atoms with E-state index in [-0.39, 0.29) is 12.1 Å². The van der Waals surface area contributed by atoms with E-state index >= 15 is 0 Å². The molecule has 0 saturated carbocycles. The van der Waals surface area contributed by atoms with Crippen LogP contribution in [0.5, 0.6) is 0 Å². The Labute approximate surface area is 104 Å². The fourth-order valence-electron chi connectivity index (χ4n) is 1.25. The molecule has 1 aromatic heterocycles. The van der Waals surface area contributed by atoms with E-state index in [4.69, 9.17) is 11.6 Å². The van der Waals surface area contributed by atoms with Gasteiger partial charge < -0.3 is 11.5 Å².